The third kappa shape index (κ3) is 5.41. The molecule has 31 heavy (non-hydrogen) atoms. The molecular formula is C21H29N3O5S2. The number of aliphatic carboxylic acids is 1. The summed E-state index contributed by atoms with van der Waals surface area (Å²) >= 11 is 1.33. The van der Waals surface area contributed by atoms with Gasteiger partial charge in [0.2, 0.25) is 5.91 Å². The molecule has 0 spiro atoms. The number of fused-ring (bicyclic) bond motifs is 1. The fraction of sp³-hybridized carbons (Fsp3) is 0.571. The third-order valence-electron chi connectivity index (χ3n) is 5.64. The van der Waals surface area contributed by atoms with Crippen LogP contribution in [0.1, 0.15) is 38.7 Å². The molecule has 2 fully saturated rings. The SMILES string of the molecule is CCN(CC)c1ccc(N2C(=NC(=O)CCCC(=O)O)S[C@@H]3CS(=O)(=O)C[C@H]32)c(C)c1. The van der Waals surface area contributed by atoms with E-state index in [1.54, 1.807) is 0 Å². The minimum absolute atomic E-state index is 0.0358. The number of rotatable bonds is 8. The van der Waals surface area contributed by atoms with Gasteiger partial charge in [0.25, 0.3) is 0 Å². The number of aliphatic imine (C=N–C) groups is 1. The zero-order valence-electron chi connectivity index (χ0n) is 18.1. The highest BCUT2D eigenvalue weighted by molar-refractivity contribution is 8.16. The smallest absolute Gasteiger partial charge is 0.303 e. The van der Waals surface area contributed by atoms with Crippen molar-refractivity contribution in [1.82, 2.24) is 0 Å². The summed E-state index contributed by atoms with van der Waals surface area (Å²) in [5.74, 6) is -1.22. The van der Waals surface area contributed by atoms with Gasteiger partial charge in [0.15, 0.2) is 15.0 Å². The maximum Gasteiger partial charge on any atom is 0.303 e. The summed E-state index contributed by atoms with van der Waals surface area (Å²) < 4.78 is 24.5. The largest absolute Gasteiger partial charge is 0.481 e. The maximum atomic E-state index is 12.4. The van der Waals surface area contributed by atoms with Crippen LogP contribution in [-0.4, -0.2) is 66.5 Å². The number of hydrogen-bond donors (Lipinski definition) is 1. The Labute approximate surface area is 187 Å². The van der Waals surface area contributed by atoms with Gasteiger partial charge in [-0.2, -0.15) is 4.99 Å². The number of aryl methyl sites for hydroxylation is 1. The van der Waals surface area contributed by atoms with Crippen LogP contribution in [0.15, 0.2) is 23.2 Å². The first-order valence-corrected chi connectivity index (χ1v) is 13.2. The first-order chi connectivity index (χ1) is 14.6. The van der Waals surface area contributed by atoms with E-state index in [4.69, 9.17) is 5.11 Å². The molecule has 8 nitrogen and oxygen atoms in total. The Hall–Kier alpha value is -2.07. The molecule has 2 saturated heterocycles. The molecule has 0 saturated carbocycles. The number of nitrogens with zero attached hydrogens (tertiary/aromatic N) is 3. The first kappa shape index (κ1) is 23.6. The Kier molecular flexibility index (Phi) is 7.31. The van der Waals surface area contributed by atoms with E-state index in [9.17, 15) is 18.0 Å². The molecule has 2 aliphatic rings. The highest BCUT2D eigenvalue weighted by Crippen LogP contribution is 2.42. The van der Waals surface area contributed by atoms with Crippen LogP contribution in [-0.2, 0) is 19.4 Å². The number of hydrogen-bond acceptors (Lipinski definition) is 6. The normalized spacial score (nSPS) is 23.2. The van der Waals surface area contributed by atoms with Gasteiger partial charge in [0, 0.05) is 42.6 Å². The van der Waals surface area contributed by atoms with Crippen molar-refractivity contribution in [2.45, 2.75) is 51.3 Å². The number of amidine groups is 1. The topological polar surface area (TPSA) is 107 Å². The molecule has 0 radical (unpaired) electrons. The van der Waals surface area contributed by atoms with Crippen LogP contribution in [0.2, 0.25) is 0 Å². The third-order valence-corrected chi connectivity index (χ3v) is 8.85. The van der Waals surface area contributed by atoms with E-state index in [2.05, 4.69) is 29.8 Å². The van der Waals surface area contributed by atoms with Gasteiger partial charge in [-0.1, -0.05) is 11.8 Å². The number of carbonyl (C=O) groups excluding carboxylic acids is 1. The number of anilines is 2. The molecule has 1 N–H and O–H groups in total. The summed E-state index contributed by atoms with van der Waals surface area (Å²) in [7, 11) is -3.14. The van der Waals surface area contributed by atoms with Crippen molar-refractivity contribution in [3.8, 4) is 0 Å². The number of amides is 1. The van der Waals surface area contributed by atoms with Crippen molar-refractivity contribution in [3.05, 3.63) is 23.8 Å². The maximum absolute atomic E-state index is 12.4. The molecule has 0 aromatic heterocycles. The van der Waals surface area contributed by atoms with E-state index in [1.165, 1.54) is 11.8 Å². The van der Waals surface area contributed by atoms with E-state index >= 15 is 0 Å². The number of thioether (sulfide) groups is 1. The number of carboxylic acids is 1. The Morgan fingerprint density at radius 1 is 1.23 bits per heavy atom. The second kappa shape index (κ2) is 9.60. The molecule has 1 amide bonds. The van der Waals surface area contributed by atoms with Crippen molar-refractivity contribution in [2.24, 2.45) is 4.99 Å². The van der Waals surface area contributed by atoms with Gasteiger partial charge in [-0.15, -0.1) is 0 Å². The van der Waals surface area contributed by atoms with Gasteiger partial charge in [-0.3, -0.25) is 9.59 Å². The summed E-state index contributed by atoms with van der Waals surface area (Å²) in [5.41, 5.74) is 2.93. The average molecular weight is 468 g/mol. The molecule has 1 aromatic carbocycles. The number of benzene rings is 1. The van der Waals surface area contributed by atoms with Gasteiger partial charge in [0.05, 0.1) is 17.5 Å². The second-order valence-corrected chi connectivity index (χ2v) is 11.2. The van der Waals surface area contributed by atoms with Crippen molar-refractivity contribution in [1.29, 1.82) is 0 Å². The quantitative estimate of drug-likeness (QED) is 0.622. The standard InChI is InChI=1S/C21H29N3O5S2/c1-4-23(5-2)15-9-10-16(14(3)11-15)24-17-12-31(28,29)13-18(17)30-21(24)22-19(25)7-6-8-20(26)27/h9-11,17-18H,4-8,12-13H2,1-3H3,(H,26,27)/t17-,18-/m1/s1. The Morgan fingerprint density at radius 2 is 1.94 bits per heavy atom. The molecule has 1 aromatic rings. The van der Waals surface area contributed by atoms with Crippen LogP contribution in [0.5, 0.6) is 0 Å². The summed E-state index contributed by atoms with van der Waals surface area (Å²) in [5, 5.41) is 9.10. The zero-order valence-corrected chi connectivity index (χ0v) is 19.7. The van der Waals surface area contributed by atoms with Gasteiger partial charge >= 0.3 is 5.97 Å². The lowest BCUT2D eigenvalue weighted by Crippen LogP contribution is -2.38. The van der Waals surface area contributed by atoms with Gasteiger partial charge in [-0.05, 0) is 51.0 Å². The van der Waals surface area contributed by atoms with Crippen LogP contribution in [0.25, 0.3) is 0 Å². The van der Waals surface area contributed by atoms with E-state index < -0.39 is 15.8 Å². The lowest BCUT2D eigenvalue weighted by atomic mass is 10.1. The first-order valence-electron chi connectivity index (χ1n) is 10.5. The molecule has 0 aliphatic carbocycles. The molecule has 2 aliphatic heterocycles. The molecule has 170 valence electrons. The summed E-state index contributed by atoms with van der Waals surface area (Å²) in [6.45, 7) is 7.94. The Bertz CT molecular complexity index is 989. The zero-order chi connectivity index (χ0) is 22.8. The minimum Gasteiger partial charge on any atom is -0.481 e. The summed E-state index contributed by atoms with van der Waals surface area (Å²) in [6, 6.07) is 5.80. The molecule has 2 heterocycles. The Morgan fingerprint density at radius 3 is 2.55 bits per heavy atom. The Balaban J connectivity index is 1.92. The summed E-state index contributed by atoms with van der Waals surface area (Å²) in [6.07, 6.45) is 0.203. The van der Waals surface area contributed by atoms with Crippen LogP contribution in [0.4, 0.5) is 11.4 Å². The molecular weight excluding hydrogens is 438 g/mol. The van der Waals surface area contributed by atoms with Crippen molar-refractivity contribution < 1.29 is 23.1 Å². The van der Waals surface area contributed by atoms with E-state index in [0.29, 0.717) is 5.17 Å². The van der Waals surface area contributed by atoms with E-state index in [1.807, 2.05) is 24.0 Å². The monoisotopic (exact) mass is 467 g/mol. The highest BCUT2D eigenvalue weighted by atomic mass is 32.2. The molecule has 2 atom stereocenters. The van der Waals surface area contributed by atoms with Gasteiger partial charge < -0.3 is 14.9 Å². The van der Waals surface area contributed by atoms with Crippen molar-refractivity contribution >= 4 is 50.0 Å². The lowest BCUT2D eigenvalue weighted by molar-refractivity contribution is -0.137. The predicted molar refractivity (Wildman–Crippen MR) is 125 cm³/mol. The average Bonchev–Trinajstić information content (AvgIpc) is 3.13. The highest BCUT2D eigenvalue weighted by Gasteiger charge is 2.49. The summed E-state index contributed by atoms with van der Waals surface area (Å²) in [4.78, 5) is 31.5. The van der Waals surface area contributed by atoms with Crippen molar-refractivity contribution in [3.63, 3.8) is 0 Å². The van der Waals surface area contributed by atoms with Crippen LogP contribution in [0, 0.1) is 6.92 Å². The lowest BCUT2D eigenvalue weighted by Gasteiger charge is -2.28. The fourth-order valence-corrected chi connectivity index (χ4v) is 8.02. The fourth-order valence-electron chi connectivity index (χ4n) is 4.09. The minimum atomic E-state index is -3.14. The van der Waals surface area contributed by atoms with Crippen LogP contribution >= 0.6 is 11.8 Å². The molecule has 3 rings (SSSR count). The number of carbonyl (C=O) groups is 2. The number of sulfone groups is 1. The molecule has 0 bridgehead atoms. The van der Waals surface area contributed by atoms with Gasteiger partial charge in [0.1, 0.15) is 0 Å². The van der Waals surface area contributed by atoms with Crippen molar-refractivity contribution in [2.75, 3.05) is 34.4 Å². The second-order valence-electron chi connectivity index (χ2n) is 7.85. The number of carboxylic acid groups (broad SMARTS) is 1. The predicted octanol–water partition coefficient (Wildman–Crippen LogP) is 2.70. The molecule has 0 unspecified atom stereocenters. The van der Waals surface area contributed by atoms with E-state index in [0.717, 1.165) is 30.0 Å². The van der Waals surface area contributed by atoms with Gasteiger partial charge in [-0.25, -0.2) is 8.42 Å². The van der Waals surface area contributed by atoms with Crippen LogP contribution < -0.4 is 9.80 Å². The van der Waals surface area contributed by atoms with E-state index in [-0.39, 0.29) is 48.0 Å². The molecule has 10 heteroatoms. The van der Waals surface area contributed by atoms with Crippen LogP contribution in [0.3, 0.4) is 0 Å².